The predicted octanol–water partition coefficient (Wildman–Crippen LogP) is 3.49. The number of carboxylic acids is 1. The first-order valence-corrected chi connectivity index (χ1v) is 9.58. The molecule has 2 aromatic carbocycles. The number of rotatable bonds is 7. The SMILES string of the molecule is O=C(O)CCCN(c1ccc(I)cc1)S(=O)(=O)c1ccc(F)cc1. The molecule has 0 saturated carbocycles. The number of halogens is 2. The molecule has 0 aliphatic carbocycles. The summed E-state index contributed by atoms with van der Waals surface area (Å²) in [5.74, 6) is -1.52. The first kappa shape index (κ1) is 18.7. The molecule has 0 atom stereocenters. The maximum Gasteiger partial charge on any atom is 0.303 e. The summed E-state index contributed by atoms with van der Waals surface area (Å²) in [6.07, 6.45) is 0.0293. The highest BCUT2D eigenvalue weighted by molar-refractivity contribution is 14.1. The van der Waals surface area contributed by atoms with Crippen molar-refractivity contribution in [3.05, 3.63) is 57.9 Å². The third kappa shape index (κ3) is 4.67. The van der Waals surface area contributed by atoms with Gasteiger partial charge in [0.2, 0.25) is 0 Å². The summed E-state index contributed by atoms with van der Waals surface area (Å²) >= 11 is 2.11. The van der Waals surface area contributed by atoms with Crippen molar-refractivity contribution in [2.24, 2.45) is 0 Å². The first-order chi connectivity index (χ1) is 11.3. The molecule has 0 fully saturated rings. The number of hydrogen-bond donors (Lipinski definition) is 1. The zero-order valence-electron chi connectivity index (χ0n) is 12.5. The molecule has 0 unspecified atom stereocenters. The average molecular weight is 463 g/mol. The molecule has 2 aromatic rings. The smallest absolute Gasteiger partial charge is 0.303 e. The van der Waals surface area contributed by atoms with Crippen molar-refractivity contribution < 1.29 is 22.7 Å². The minimum atomic E-state index is -3.91. The van der Waals surface area contributed by atoms with Gasteiger partial charge in [-0.05, 0) is 77.5 Å². The highest BCUT2D eigenvalue weighted by Gasteiger charge is 2.25. The predicted molar refractivity (Wildman–Crippen MR) is 97.0 cm³/mol. The third-order valence-electron chi connectivity index (χ3n) is 3.27. The van der Waals surface area contributed by atoms with Crippen molar-refractivity contribution in [1.82, 2.24) is 0 Å². The van der Waals surface area contributed by atoms with Crippen molar-refractivity contribution in [3.8, 4) is 0 Å². The van der Waals surface area contributed by atoms with E-state index < -0.39 is 21.8 Å². The van der Waals surface area contributed by atoms with Crippen LogP contribution in [0.1, 0.15) is 12.8 Å². The summed E-state index contributed by atoms with van der Waals surface area (Å²) in [6, 6.07) is 11.4. The van der Waals surface area contributed by atoms with E-state index in [2.05, 4.69) is 22.6 Å². The first-order valence-electron chi connectivity index (χ1n) is 7.06. The van der Waals surface area contributed by atoms with Crippen LogP contribution in [-0.4, -0.2) is 26.0 Å². The van der Waals surface area contributed by atoms with Gasteiger partial charge in [-0.2, -0.15) is 0 Å². The molecular formula is C16H15FINO4S. The second kappa shape index (κ2) is 7.93. The summed E-state index contributed by atoms with van der Waals surface area (Å²) in [5.41, 5.74) is 0.435. The molecule has 0 radical (unpaired) electrons. The number of hydrogen-bond acceptors (Lipinski definition) is 3. The van der Waals surface area contributed by atoms with Crippen LogP contribution in [0.15, 0.2) is 53.4 Å². The van der Waals surface area contributed by atoms with Crippen molar-refractivity contribution in [3.63, 3.8) is 0 Å². The highest BCUT2D eigenvalue weighted by atomic mass is 127. The molecule has 0 amide bonds. The van der Waals surface area contributed by atoms with Gasteiger partial charge in [0.25, 0.3) is 10.0 Å². The molecule has 2 rings (SSSR count). The minimum Gasteiger partial charge on any atom is -0.481 e. The summed E-state index contributed by atoms with van der Waals surface area (Å²) in [4.78, 5) is 10.7. The number of carboxylic acid groups (broad SMARTS) is 1. The molecule has 0 aromatic heterocycles. The van der Waals surface area contributed by atoms with Gasteiger partial charge in [-0.25, -0.2) is 12.8 Å². The fraction of sp³-hybridized carbons (Fsp3) is 0.188. The zero-order valence-corrected chi connectivity index (χ0v) is 15.5. The lowest BCUT2D eigenvalue weighted by atomic mass is 10.3. The van der Waals surface area contributed by atoms with Gasteiger partial charge in [-0.3, -0.25) is 9.10 Å². The second-order valence-corrected chi connectivity index (χ2v) is 8.11. The highest BCUT2D eigenvalue weighted by Crippen LogP contribution is 2.25. The van der Waals surface area contributed by atoms with E-state index in [0.29, 0.717) is 5.69 Å². The van der Waals surface area contributed by atoms with Crippen LogP contribution in [0.4, 0.5) is 10.1 Å². The van der Waals surface area contributed by atoms with Gasteiger partial charge in [-0.15, -0.1) is 0 Å². The van der Waals surface area contributed by atoms with Crippen molar-refractivity contribution in [1.29, 1.82) is 0 Å². The second-order valence-electron chi connectivity index (χ2n) is 5.00. The molecule has 0 spiro atoms. The molecule has 0 aliphatic heterocycles. The standard InChI is InChI=1S/C16H15FINO4S/c17-12-3-9-15(10-4-12)24(22,23)19(11-1-2-16(20)21)14-7-5-13(18)6-8-14/h3-10H,1-2,11H2,(H,20,21). The molecule has 1 N–H and O–H groups in total. The summed E-state index contributed by atoms with van der Waals surface area (Å²) in [6.45, 7) is 0.0204. The molecule has 0 saturated heterocycles. The van der Waals surface area contributed by atoms with E-state index in [0.717, 1.165) is 20.0 Å². The Hall–Kier alpha value is -1.68. The molecule has 0 aliphatic rings. The van der Waals surface area contributed by atoms with Crippen LogP contribution in [-0.2, 0) is 14.8 Å². The normalized spacial score (nSPS) is 11.2. The maximum atomic E-state index is 13.1. The van der Waals surface area contributed by atoms with Crippen LogP contribution in [0.3, 0.4) is 0 Å². The molecule has 24 heavy (non-hydrogen) atoms. The van der Waals surface area contributed by atoms with Crippen LogP contribution in [0.5, 0.6) is 0 Å². The number of benzene rings is 2. The Morgan fingerprint density at radius 3 is 2.21 bits per heavy atom. The fourth-order valence-corrected chi connectivity index (χ4v) is 3.97. The zero-order chi connectivity index (χ0) is 17.7. The monoisotopic (exact) mass is 463 g/mol. The van der Waals surface area contributed by atoms with Gasteiger partial charge in [0, 0.05) is 16.5 Å². The van der Waals surface area contributed by atoms with Crippen LogP contribution in [0, 0.1) is 9.39 Å². The van der Waals surface area contributed by atoms with E-state index in [1.807, 2.05) is 0 Å². The van der Waals surface area contributed by atoms with Gasteiger partial charge < -0.3 is 5.11 Å². The van der Waals surface area contributed by atoms with Gasteiger partial charge in [0.15, 0.2) is 0 Å². The fourth-order valence-electron chi connectivity index (χ4n) is 2.10. The lowest BCUT2D eigenvalue weighted by molar-refractivity contribution is -0.137. The topological polar surface area (TPSA) is 74.7 Å². The number of sulfonamides is 1. The molecule has 5 nitrogen and oxygen atoms in total. The Morgan fingerprint density at radius 2 is 1.67 bits per heavy atom. The number of anilines is 1. The third-order valence-corrected chi connectivity index (χ3v) is 5.83. The number of carbonyl (C=O) groups is 1. The van der Waals surface area contributed by atoms with Gasteiger partial charge >= 0.3 is 5.97 Å². The van der Waals surface area contributed by atoms with E-state index in [1.165, 1.54) is 12.1 Å². The quantitative estimate of drug-likeness (QED) is 0.639. The van der Waals surface area contributed by atoms with E-state index in [1.54, 1.807) is 24.3 Å². The van der Waals surface area contributed by atoms with E-state index in [4.69, 9.17) is 5.11 Å². The van der Waals surface area contributed by atoms with Crippen molar-refractivity contribution in [2.75, 3.05) is 10.8 Å². The lowest BCUT2D eigenvalue weighted by Gasteiger charge is -2.24. The Bertz CT molecular complexity index is 807. The van der Waals surface area contributed by atoms with Crippen molar-refractivity contribution in [2.45, 2.75) is 17.7 Å². The van der Waals surface area contributed by atoms with E-state index in [-0.39, 0.29) is 24.3 Å². The van der Waals surface area contributed by atoms with Gasteiger partial charge in [0.1, 0.15) is 5.82 Å². The van der Waals surface area contributed by atoms with E-state index in [9.17, 15) is 17.6 Å². The largest absolute Gasteiger partial charge is 0.481 e. The van der Waals surface area contributed by atoms with E-state index >= 15 is 0 Å². The Labute approximate surface area is 153 Å². The molecule has 128 valence electrons. The van der Waals surface area contributed by atoms with Crippen LogP contribution < -0.4 is 4.31 Å². The van der Waals surface area contributed by atoms with Crippen LogP contribution in [0.25, 0.3) is 0 Å². The molecule has 0 heterocycles. The Kier molecular flexibility index (Phi) is 6.16. The summed E-state index contributed by atoms with van der Waals surface area (Å²) in [7, 11) is -3.91. The molecule has 0 bridgehead atoms. The van der Waals surface area contributed by atoms with Gasteiger partial charge in [0.05, 0.1) is 10.6 Å². The van der Waals surface area contributed by atoms with Crippen molar-refractivity contribution >= 4 is 44.3 Å². The van der Waals surface area contributed by atoms with Crippen LogP contribution >= 0.6 is 22.6 Å². The maximum absolute atomic E-state index is 13.1. The molecular weight excluding hydrogens is 448 g/mol. The van der Waals surface area contributed by atoms with Crippen LogP contribution in [0.2, 0.25) is 0 Å². The number of aliphatic carboxylic acids is 1. The van der Waals surface area contributed by atoms with Gasteiger partial charge in [-0.1, -0.05) is 0 Å². The summed E-state index contributed by atoms with van der Waals surface area (Å²) < 4.78 is 40.9. The lowest BCUT2D eigenvalue weighted by Crippen LogP contribution is -2.32. The Balaban J connectivity index is 2.38. The number of nitrogens with zero attached hydrogens (tertiary/aromatic N) is 1. The summed E-state index contributed by atoms with van der Waals surface area (Å²) in [5, 5.41) is 8.77. The minimum absolute atomic E-state index is 0.0204. The Morgan fingerprint density at radius 1 is 1.08 bits per heavy atom. The molecule has 8 heteroatoms. The average Bonchev–Trinajstić information content (AvgIpc) is 2.53.